The molecule has 0 saturated heterocycles. The van der Waals surface area contributed by atoms with Crippen molar-refractivity contribution in [3.63, 3.8) is 0 Å². The Morgan fingerprint density at radius 1 is 1.60 bits per heavy atom. The van der Waals surface area contributed by atoms with Gasteiger partial charge in [0.2, 0.25) is 0 Å². The molecule has 0 saturated carbocycles. The molecule has 0 aliphatic heterocycles. The number of nitrogens with zero attached hydrogens (tertiary/aromatic N) is 1. The normalized spacial score (nSPS) is 1.40. The summed E-state index contributed by atoms with van der Waals surface area (Å²) in [7, 11) is 0. The van der Waals surface area contributed by atoms with Gasteiger partial charge in [0.1, 0.15) is 0 Å². The summed E-state index contributed by atoms with van der Waals surface area (Å²) in [5.74, 6) is 0. The molecule has 0 unspecified atom stereocenters. The zero-order valence-corrected chi connectivity index (χ0v) is 4.72. The fraction of sp³-hybridized carbons (Fsp3) is 0. The molecule has 0 aromatic rings. The van der Waals surface area contributed by atoms with Crippen LogP contribution in [0.25, 0.3) is 0 Å². The second kappa shape index (κ2) is 22.1. The quantitative estimate of drug-likeness (QED) is 0.298. The van der Waals surface area contributed by atoms with Crippen LogP contribution in [0, 0.1) is 10.7 Å². The standard InChI is InChI=1S/CHNS.Cu.Ni/c2-1-3;;/h3H;;/q;+1;/p-1. The Morgan fingerprint density at radius 3 is 1.60 bits per heavy atom. The third-order valence-electron chi connectivity index (χ3n) is 0. The Kier molecular flexibility index (Phi) is 75.9. The fourth-order valence-electron chi connectivity index (χ4n) is 0. The van der Waals surface area contributed by atoms with Crippen molar-refractivity contribution in [2.24, 2.45) is 0 Å². The SMILES string of the molecule is N#C[S-].[Cu+].[Ni]. The van der Waals surface area contributed by atoms with Crippen LogP contribution in [0.4, 0.5) is 0 Å². The number of rotatable bonds is 0. The molecule has 0 aromatic carbocycles. The van der Waals surface area contributed by atoms with Crippen LogP contribution < -0.4 is 0 Å². The molecular formula is CCuNNiS. The molecule has 0 fully saturated rings. The summed E-state index contributed by atoms with van der Waals surface area (Å²) >= 11 is 3.70. The largest absolute Gasteiger partial charge is 1.00 e. The molecule has 0 atom stereocenters. The molecule has 0 aliphatic rings. The Hall–Kier alpha value is 0.723. The fourth-order valence-corrected chi connectivity index (χ4v) is 0. The second-order valence-electron chi connectivity index (χ2n) is 0.0913. The van der Waals surface area contributed by atoms with Gasteiger partial charge in [-0.25, -0.2) is 5.26 Å². The summed E-state index contributed by atoms with van der Waals surface area (Å²) in [6.45, 7) is 0. The van der Waals surface area contributed by atoms with Gasteiger partial charge in [0.25, 0.3) is 0 Å². The van der Waals surface area contributed by atoms with Crippen molar-refractivity contribution in [1.82, 2.24) is 0 Å². The Labute approximate surface area is 56.9 Å². The van der Waals surface area contributed by atoms with Gasteiger partial charge in [0.15, 0.2) is 0 Å². The third kappa shape index (κ3) is 67.0. The van der Waals surface area contributed by atoms with Gasteiger partial charge in [-0.3, -0.25) is 0 Å². The number of hydrogen-bond acceptors (Lipinski definition) is 2. The van der Waals surface area contributed by atoms with Crippen LogP contribution in [0.2, 0.25) is 0 Å². The zero-order chi connectivity index (χ0) is 2.71. The van der Waals surface area contributed by atoms with Gasteiger partial charge in [-0.15, -0.1) is 0 Å². The molecule has 1 nitrogen and oxygen atoms in total. The van der Waals surface area contributed by atoms with Crippen LogP contribution in [-0.2, 0) is 46.2 Å². The first-order valence-corrected chi connectivity index (χ1v) is 0.836. The second-order valence-corrected chi connectivity index (χ2v) is 0.274. The predicted molar refractivity (Wildman–Crippen MR) is 13.0 cm³/mol. The van der Waals surface area contributed by atoms with Crippen molar-refractivity contribution < 1.29 is 33.6 Å². The van der Waals surface area contributed by atoms with Gasteiger partial charge < -0.3 is 12.6 Å². The van der Waals surface area contributed by atoms with E-state index in [0.717, 1.165) is 0 Å². The Morgan fingerprint density at radius 2 is 1.60 bits per heavy atom. The summed E-state index contributed by atoms with van der Waals surface area (Å²) in [6, 6.07) is 0. The number of hydrogen-bond donors (Lipinski definition) is 0. The van der Waals surface area contributed by atoms with Crippen LogP contribution in [0.5, 0.6) is 0 Å². The maximum Gasteiger partial charge on any atom is 1.00 e. The molecule has 0 N–H and O–H groups in total. The summed E-state index contributed by atoms with van der Waals surface area (Å²) in [5, 5.41) is 8.47. The van der Waals surface area contributed by atoms with E-state index in [2.05, 4.69) is 12.6 Å². The van der Waals surface area contributed by atoms with Crippen molar-refractivity contribution in [2.45, 2.75) is 0 Å². The number of nitriles is 1. The smallest absolute Gasteiger partial charge is 0.696 e. The van der Waals surface area contributed by atoms with E-state index in [4.69, 9.17) is 5.26 Å². The van der Waals surface area contributed by atoms with Gasteiger partial charge in [-0.05, 0) is 0 Å². The third-order valence-corrected chi connectivity index (χ3v) is 0. The number of thiocyanates is 1. The minimum absolute atomic E-state index is 0. The molecule has 0 amide bonds. The Balaban J connectivity index is -0.0000000200. The maximum atomic E-state index is 7.13. The Bertz CT molecular complexity index is 33.1. The van der Waals surface area contributed by atoms with Gasteiger partial charge in [-0.2, -0.15) is 0 Å². The summed E-state index contributed by atoms with van der Waals surface area (Å²) in [4.78, 5) is 0. The molecular weight excluding hydrogens is 180 g/mol. The summed E-state index contributed by atoms with van der Waals surface area (Å²) < 4.78 is 0. The van der Waals surface area contributed by atoms with Crippen LogP contribution in [-0.4, -0.2) is 0 Å². The van der Waals surface area contributed by atoms with Crippen LogP contribution in [0.3, 0.4) is 0 Å². The molecule has 0 aromatic heterocycles. The van der Waals surface area contributed by atoms with Gasteiger partial charge >= 0.3 is 17.1 Å². The molecule has 4 heteroatoms. The van der Waals surface area contributed by atoms with Gasteiger partial charge in [-0.1, -0.05) is 5.40 Å². The van der Waals surface area contributed by atoms with Crippen LogP contribution in [0.15, 0.2) is 0 Å². The van der Waals surface area contributed by atoms with E-state index in [9.17, 15) is 0 Å². The van der Waals surface area contributed by atoms with Crippen molar-refractivity contribution in [1.29, 1.82) is 5.26 Å². The van der Waals surface area contributed by atoms with Crippen molar-refractivity contribution in [3.8, 4) is 5.40 Å². The van der Waals surface area contributed by atoms with Gasteiger partial charge in [0.05, 0.1) is 0 Å². The maximum absolute atomic E-state index is 7.13. The molecule has 0 spiro atoms. The summed E-state index contributed by atoms with van der Waals surface area (Å²) in [5.41, 5.74) is 0. The molecule has 0 aliphatic carbocycles. The molecule has 0 rings (SSSR count). The first-order chi connectivity index (χ1) is 1.41. The monoisotopic (exact) mass is 179 g/mol. The van der Waals surface area contributed by atoms with Crippen molar-refractivity contribution in [2.75, 3.05) is 0 Å². The van der Waals surface area contributed by atoms with Crippen LogP contribution in [0.1, 0.15) is 0 Å². The average molecular weight is 180 g/mol. The predicted octanol–water partition coefficient (Wildman–Crippen LogP) is 0.00938. The molecule has 0 radical (unpaired) electrons. The van der Waals surface area contributed by atoms with E-state index < -0.39 is 0 Å². The van der Waals surface area contributed by atoms with E-state index in [1.165, 1.54) is 5.40 Å². The molecule has 0 heterocycles. The first kappa shape index (κ1) is 17.2. The van der Waals surface area contributed by atoms with Gasteiger partial charge in [0, 0.05) is 16.5 Å². The van der Waals surface area contributed by atoms with Crippen molar-refractivity contribution >= 4 is 12.6 Å². The summed E-state index contributed by atoms with van der Waals surface area (Å²) in [6.07, 6.45) is 0. The van der Waals surface area contributed by atoms with E-state index >= 15 is 0 Å². The average Bonchev–Trinajstić information content (AvgIpc) is 0.918. The van der Waals surface area contributed by atoms with E-state index in [1.807, 2.05) is 0 Å². The first-order valence-electron chi connectivity index (χ1n) is 0.428. The van der Waals surface area contributed by atoms with E-state index in [1.54, 1.807) is 0 Å². The van der Waals surface area contributed by atoms with E-state index in [-0.39, 0.29) is 33.6 Å². The molecule has 36 valence electrons. The molecule has 0 bridgehead atoms. The van der Waals surface area contributed by atoms with Crippen LogP contribution >= 0.6 is 0 Å². The minimum atomic E-state index is 0. The molecule has 5 heavy (non-hydrogen) atoms. The topological polar surface area (TPSA) is 23.8 Å². The minimum Gasteiger partial charge on any atom is -0.696 e. The zero-order valence-electron chi connectivity index (χ0n) is 1.97. The van der Waals surface area contributed by atoms with E-state index in [0.29, 0.717) is 0 Å². The van der Waals surface area contributed by atoms with Crippen molar-refractivity contribution in [3.05, 3.63) is 0 Å².